The van der Waals surface area contributed by atoms with Gasteiger partial charge in [-0.15, -0.1) is 0 Å². The van der Waals surface area contributed by atoms with E-state index in [-0.39, 0.29) is 0 Å². The topological polar surface area (TPSA) is 66.3 Å². The van der Waals surface area contributed by atoms with Crippen molar-refractivity contribution in [3.63, 3.8) is 0 Å². The lowest BCUT2D eigenvalue weighted by molar-refractivity contribution is -0.140. The van der Waals surface area contributed by atoms with Gasteiger partial charge in [-0.1, -0.05) is 6.92 Å². The van der Waals surface area contributed by atoms with Gasteiger partial charge in [0, 0.05) is 19.8 Å². The molecule has 1 heterocycles. The SMILES string of the molecule is Cc1cnc(C)c(N(C)CC(C)C(=O)O)n1. The van der Waals surface area contributed by atoms with E-state index in [1.165, 1.54) is 0 Å². The highest BCUT2D eigenvalue weighted by molar-refractivity contribution is 5.70. The maximum atomic E-state index is 10.8. The highest BCUT2D eigenvalue weighted by atomic mass is 16.4. The van der Waals surface area contributed by atoms with Crippen molar-refractivity contribution in [1.82, 2.24) is 9.97 Å². The molecule has 0 aliphatic heterocycles. The van der Waals surface area contributed by atoms with Gasteiger partial charge in [-0.3, -0.25) is 9.78 Å². The van der Waals surface area contributed by atoms with E-state index in [4.69, 9.17) is 5.11 Å². The van der Waals surface area contributed by atoms with E-state index in [9.17, 15) is 4.79 Å². The molecule has 0 spiro atoms. The number of carboxylic acid groups (broad SMARTS) is 1. The summed E-state index contributed by atoms with van der Waals surface area (Å²) >= 11 is 0. The molecule has 0 fully saturated rings. The Hall–Kier alpha value is -1.65. The zero-order chi connectivity index (χ0) is 12.3. The van der Waals surface area contributed by atoms with Crippen LogP contribution in [0.25, 0.3) is 0 Å². The first-order valence-corrected chi connectivity index (χ1v) is 5.16. The van der Waals surface area contributed by atoms with Crippen LogP contribution in [0.3, 0.4) is 0 Å². The van der Waals surface area contributed by atoms with Crippen molar-refractivity contribution in [2.24, 2.45) is 5.92 Å². The monoisotopic (exact) mass is 223 g/mol. The van der Waals surface area contributed by atoms with E-state index in [1.54, 1.807) is 13.1 Å². The predicted octanol–water partition coefficient (Wildman–Crippen LogP) is 1.25. The van der Waals surface area contributed by atoms with Gasteiger partial charge in [0.15, 0.2) is 0 Å². The number of rotatable bonds is 4. The van der Waals surface area contributed by atoms with Crippen LogP contribution in [-0.2, 0) is 4.79 Å². The van der Waals surface area contributed by atoms with Crippen LogP contribution in [-0.4, -0.2) is 34.6 Å². The van der Waals surface area contributed by atoms with Crippen LogP contribution in [0.2, 0.25) is 0 Å². The van der Waals surface area contributed by atoms with Crippen LogP contribution in [0.4, 0.5) is 5.82 Å². The molecule has 1 rings (SSSR count). The van der Waals surface area contributed by atoms with Crippen LogP contribution in [0, 0.1) is 19.8 Å². The minimum absolute atomic E-state index is 0.424. The lowest BCUT2D eigenvalue weighted by atomic mass is 10.2. The minimum atomic E-state index is -0.801. The van der Waals surface area contributed by atoms with E-state index in [1.807, 2.05) is 25.8 Å². The Kier molecular flexibility index (Phi) is 3.82. The average Bonchev–Trinajstić information content (AvgIpc) is 2.21. The number of carbonyl (C=O) groups is 1. The fourth-order valence-electron chi connectivity index (χ4n) is 1.46. The maximum absolute atomic E-state index is 10.8. The Morgan fingerprint density at radius 1 is 1.56 bits per heavy atom. The highest BCUT2D eigenvalue weighted by Crippen LogP contribution is 2.14. The van der Waals surface area contributed by atoms with Crippen LogP contribution < -0.4 is 4.90 Å². The van der Waals surface area contributed by atoms with Gasteiger partial charge >= 0.3 is 5.97 Å². The molecule has 0 bridgehead atoms. The normalized spacial score (nSPS) is 12.2. The Morgan fingerprint density at radius 3 is 2.75 bits per heavy atom. The van der Waals surface area contributed by atoms with E-state index in [2.05, 4.69) is 9.97 Å². The number of aryl methyl sites for hydroxylation is 2. The molecule has 1 unspecified atom stereocenters. The summed E-state index contributed by atoms with van der Waals surface area (Å²) in [6.45, 7) is 5.83. The Bertz CT molecular complexity index is 393. The van der Waals surface area contributed by atoms with Gasteiger partial charge in [-0.05, 0) is 13.8 Å². The molecule has 0 amide bonds. The second-order valence-electron chi connectivity index (χ2n) is 4.04. The number of nitrogens with zero attached hydrogens (tertiary/aromatic N) is 3. The zero-order valence-electron chi connectivity index (χ0n) is 10.1. The smallest absolute Gasteiger partial charge is 0.308 e. The van der Waals surface area contributed by atoms with Crippen LogP contribution in [0.1, 0.15) is 18.3 Å². The summed E-state index contributed by atoms with van der Waals surface area (Å²) in [6.07, 6.45) is 1.70. The molecule has 16 heavy (non-hydrogen) atoms. The van der Waals surface area contributed by atoms with Gasteiger partial charge in [0.1, 0.15) is 5.82 Å². The molecule has 0 saturated heterocycles. The molecule has 88 valence electrons. The molecule has 1 aromatic heterocycles. The third-order valence-electron chi connectivity index (χ3n) is 2.38. The maximum Gasteiger partial charge on any atom is 0.308 e. The molecule has 0 saturated carbocycles. The molecule has 1 atom stereocenters. The Morgan fingerprint density at radius 2 is 2.19 bits per heavy atom. The molecule has 5 nitrogen and oxygen atoms in total. The van der Waals surface area contributed by atoms with Gasteiger partial charge in [-0.2, -0.15) is 0 Å². The lowest BCUT2D eigenvalue weighted by Crippen LogP contribution is -2.29. The second kappa shape index (κ2) is 4.92. The lowest BCUT2D eigenvalue weighted by Gasteiger charge is -2.21. The van der Waals surface area contributed by atoms with Crippen molar-refractivity contribution in [2.75, 3.05) is 18.5 Å². The molecule has 0 aromatic carbocycles. The van der Waals surface area contributed by atoms with Crippen LogP contribution in [0.5, 0.6) is 0 Å². The van der Waals surface area contributed by atoms with E-state index in [0.29, 0.717) is 6.54 Å². The second-order valence-corrected chi connectivity index (χ2v) is 4.04. The summed E-state index contributed by atoms with van der Waals surface area (Å²) in [5, 5.41) is 8.84. The summed E-state index contributed by atoms with van der Waals surface area (Å²) in [5.74, 6) is -0.482. The van der Waals surface area contributed by atoms with Gasteiger partial charge < -0.3 is 10.0 Å². The summed E-state index contributed by atoms with van der Waals surface area (Å²) in [6, 6.07) is 0. The van der Waals surface area contributed by atoms with Crippen LogP contribution in [0.15, 0.2) is 6.20 Å². The first kappa shape index (κ1) is 12.4. The van der Waals surface area contributed by atoms with Crippen molar-refractivity contribution in [3.05, 3.63) is 17.6 Å². The van der Waals surface area contributed by atoms with Crippen molar-refractivity contribution in [1.29, 1.82) is 0 Å². The van der Waals surface area contributed by atoms with Crippen molar-refractivity contribution < 1.29 is 9.90 Å². The fourth-order valence-corrected chi connectivity index (χ4v) is 1.46. The standard InChI is InChI=1S/C11H17N3O2/c1-7(11(15)16)6-14(4)10-9(3)12-5-8(2)13-10/h5,7H,6H2,1-4H3,(H,15,16). The quantitative estimate of drug-likeness (QED) is 0.832. The van der Waals surface area contributed by atoms with Gasteiger partial charge in [-0.25, -0.2) is 4.98 Å². The summed E-state index contributed by atoms with van der Waals surface area (Å²) < 4.78 is 0. The van der Waals surface area contributed by atoms with Crippen molar-refractivity contribution in [3.8, 4) is 0 Å². The highest BCUT2D eigenvalue weighted by Gasteiger charge is 2.16. The largest absolute Gasteiger partial charge is 0.481 e. The first-order chi connectivity index (χ1) is 7.41. The number of anilines is 1. The zero-order valence-corrected chi connectivity index (χ0v) is 10.1. The molecule has 0 aliphatic carbocycles. The molecular weight excluding hydrogens is 206 g/mol. The van der Waals surface area contributed by atoms with Crippen LogP contribution >= 0.6 is 0 Å². The molecule has 5 heteroatoms. The molecule has 0 radical (unpaired) electrons. The van der Waals surface area contributed by atoms with Crippen molar-refractivity contribution in [2.45, 2.75) is 20.8 Å². The number of aromatic nitrogens is 2. The summed E-state index contributed by atoms with van der Waals surface area (Å²) in [7, 11) is 1.83. The summed E-state index contributed by atoms with van der Waals surface area (Å²) in [4.78, 5) is 21.1. The van der Waals surface area contributed by atoms with E-state index < -0.39 is 11.9 Å². The fraction of sp³-hybridized carbons (Fsp3) is 0.545. The average molecular weight is 223 g/mol. The summed E-state index contributed by atoms with van der Waals surface area (Å²) in [5.41, 5.74) is 1.64. The third kappa shape index (κ3) is 2.92. The molecule has 0 aliphatic rings. The number of carboxylic acids is 1. The molecule has 1 aromatic rings. The van der Waals surface area contributed by atoms with Gasteiger partial charge in [0.25, 0.3) is 0 Å². The van der Waals surface area contributed by atoms with E-state index in [0.717, 1.165) is 17.2 Å². The number of hydrogen-bond donors (Lipinski definition) is 1. The first-order valence-electron chi connectivity index (χ1n) is 5.16. The van der Waals surface area contributed by atoms with Crippen molar-refractivity contribution >= 4 is 11.8 Å². The molecule has 1 N–H and O–H groups in total. The predicted molar refractivity (Wildman–Crippen MR) is 61.6 cm³/mol. The van der Waals surface area contributed by atoms with Gasteiger partial charge in [0.2, 0.25) is 0 Å². The third-order valence-corrected chi connectivity index (χ3v) is 2.38. The minimum Gasteiger partial charge on any atom is -0.481 e. The Balaban J connectivity index is 2.83. The van der Waals surface area contributed by atoms with E-state index >= 15 is 0 Å². The molecular formula is C11H17N3O2. The Labute approximate surface area is 95.1 Å². The number of hydrogen-bond acceptors (Lipinski definition) is 4. The van der Waals surface area contributed by atoms with Gasteiger partial charge in [0.05, 0.1) is 17.3 Å². The number of aliphatic carboxylic acids is 1.